The fourth-order valence-corrected chi connectivity index (χ4v) is 6.04. The molecule has 1 aliphatic heterocycles. The van der Waals surface area contributed by atoms with E-state index in [1.54, 1.807) is 18.3 Å². The molecule has 1 aromatic rings. The molecule has 3 aliphatic rings. The van der Waals surface area contributed by atoms with E-state index in [0.717, 1.165) is 12.0 Å². The Morgan fingerprint density at radius 3 is 2.56 bits per heavy atom. The van der Waals surface area contributed by atoms with Crippen molar-refractivity contribution in [2.75, 3.05) is 19.8 Å². The van der Waals surface area contributed by atoms with Gasteiger partial charge < -0.3 is 18.9 Å². The first-order valence-corrected chi connectivity index (χ1v) is 11.4. The van der Waals surface area contributed by atoms with Crippen molar-refractivity contribution in [3.05, 3.63) is 41.2 Å². The summed E-state index contributed by atoms with van der Waals surface area (Å²) in [5, 5.41) is 0. The maximum Gasteiger partial charge on any atom is 0.339 e. The molecule has 0 unspecified atom stereocenters. The molecule has 0 N–H and O–H groups in total. The van der Waals surface area contributed by atoms with Gasteiger partial charge >= 0.3 is 23.9 Å². The third kappa shape index (κ3) is 4.31. The average Bonchev–Trinajstić information content (AvgIpc) is 3.18. The van der Waals surface area contributed by atoms with Crippen LogP contribution in [-0.4, -0.2) is 54.8 Å². The zero-order valence-electron chi connectivity index (χ0n) is 19.6. The molecule has 0 aromatic carbocycles. The SMILES string of the molecule is CC(=O)OC[C@@]1(C)CCC[C@]2(COC(C)=O)C3=C(C[C@@H](OC(=O)c4cccnc4)[C@@H]12)C(=O)OC3. The summed E-state index contributed by atoms with van der Waals surface area (Å²) in [6, 6.07) is 3.25. The van der Waals surface area contributed by atoms with E-state index in [9.17, 15) is 19.2 Å². The van der Waals surface area contributed by atoms with Crippen molar-refractivity contribution in [2.24, 2.45) is 16.7 Å². The summed E-state index contributed by atoms with van der Waals surface area (Å²) in [6.45, 7) is 4.94. The van der Waals surface area contributed by atoms with Crippen LogP contribution in [0.15, 0.2) is 35.7 Å². The van der Waals surface area contributed by atoms with E-state index in [1.165, 1.54) is 20.0 Å². The fourth-order valence-electron chi connectivity index (χ4n) is 6.04. The number of carbonyl (C=O) groups excluding carboxylic acids is 4. The Balaban J connectivity index is 1.79. The molecular weight excluding hydrogens is 442 g/mol. The van der Waals surface area contributed by atoms with Gasteiger partial charge in [-0.15, -0.1) is 0 Å². The van der Waals surface area contributed by atoms with Crippen LogP contribution in [0, 0.1) is 16.7 Å². The summed E-state index contributed by atoms with van der Waals surface area (Å²) < 4.78 is 22.4. The van der Waals surface area contributed by atoms with E-state index in [-0.39, 0.29) is 32.2 Å². The predicted octanol–water partition coefficient (Wildman–Crippen LogP) is 2.78. The first kappa shape index (κ1) is 23.9. The molecule has 2 heterocycles. The summed E-state index contributed by atoms with van der Waals surface area (Å²) in [7, 11) is 0. The molecule has 1 aromatic heterocycles. The second-order valence-corrected chi connectivity index (χ2v) is 9.62. The monoisotopic (exact) mass is 471 g/mol. The van der Waals surface area contributed by atoms with Gasteiger partial charge in [-0.3, -0.25) is 14.6 Å². The third-order valence-corrected chi connectivity index (χ3v) is 7.35. The number of cyclic esters (lactones) is 1. The molecule has 0 bridgehead atoms. The Morgan fingerprint density at radius 2 is 1.88 bits per heavy atom. The Labute approximate surface area is 197 Å². The van der Waals surface area contributed by atoms with Gasteiger partial charge in [-0.1, -0.05) is 13.3 Å². The summed E-state index contributed by atoms with van der Waals surface area (Å²) in [5.41, 5.74) is 0.196. The molecular formula is C25H29NO8. The Bertz CT molecular complexity index is 1030. The number of aromatic nitrogens is 1. The van der Waals surface area contributed by atoms with Crippen molar-refractivity contribution < 1.29 is 38.1 Å². The van der Waals surface area contributed by atoms with Crippen molar-refractivity contribution >= 4 is 23.9 Å². The number of hydrogen-bond acceptors (Lipinski definition) is 9. The lowest BCUT2D eigenvalue weighted by atomic mass is 9.48. The molecule has 1 fully saturated rings. The van der Waals surface area contributed by atoms with Crippen LogP contribution >= 0.6 is 0 Å². The van der Waals surface area contributed by atoms with E-state index in [0.29, 0.717) is 24.0 Å². The number of ether oxygens (including phenoxy) is 4. The largest absolute Gasteiger partial charge is 0.465 e. The highest BCUT2D eigenvalue weighted by atomic mass is 16.6. The Morgan fingerprint density at radius 1 is 1.15 bits per heavy atom. The molecule has 2 aliphatic carbocycles. The molecule has 9 heteroatoms. The van der Waals surface area contributed by atoms with Gasteiger partial charge in [-0.25, -0.2) is 9.59 Å². The number of rotatable bonds is 6. The van der Waals surface area contributed by atoms with Crippen LogP contribution in [0.25, 0.3) is 0 Å². The van der Waals surface area contributed by atoms with E-state index in [4.69, 9.17) is 18.9 Å². The van der Waals surface area contributed by atoms with Gasteiger partial charge in [0.25, 0.3) is 0 Å². The van der Waals surface area contributed by atoms with Gasteiger partial charge in [-0.2, -0.15) is 0 Å². The summed E-state index contributed by atoms with van der Waals surface area (Å²) in [6.07, 6.45) is 4.54. The molecule has 9 nitrogen and oxygen atoms in total. The summed E-state index contributed by atoms with van der Waals surface area (Å²) >= 11 is 0. The maximum absolute atomic E-state index is 13.0. The maximum atomic E-state index is 13.0. The molecule has 182 valence electrons. The first-order chi connectivity index (χ1) is 16.2. The molecule has 0 amide bonds. The lowest BCUT2D eigenvalue weighted by molar-refractivity contribution is -0.167. The van der Waals surface area contributed by atoms with Crippen LogP contribution in [0.2, 0.25) is 0 Å². The minimum Gasteiger partial charge on any atom is -0.465 e. The molecule has 0 spiro atoms. The number of nitrogens with zero attached hydrogens (tertiary/aromatic N) is 1. The number of fused-ring (bicyclic) bond motifs is 2. The Kier molecular flexibility index (Phi) is 6.47. The van der Waals surface area contributed by atoms with E-state index in [1.807, 2.05) is 6.92 Å². The van der Waals surface area contributed by atoms with Crippen LogP contribution in [0.1, 0.15) is 56.8 Å². The lowest BCUT2D eigenvalue weighted by Crippen LogP contribution is -2.58. The second kappa shape index (κ2) is 9.19. The normalized spacial score (nSPS) is 30.0. The number of pyridine rings is 1. The van der Waals surface area contributed by atoms with Crippen molar-refractivity contribution in [3.8, 4) is 0 Å². The van der Waals surface area contributed by atoms with Gasteiger partial charge in [0.2, 0.25) is 0 Å². The predicted molar refractivity (Wildman–Crippen MR) is 117 cm³/mol. The molecule has 34 heavy (non-hydrogen) atoms. The van der Waals surface area contributed by atoms with Crippen LogP contribution in [0.5, 0.6) is 0 Å². The fraction of sp³-hybridized carbons (Fsp3) is 0.560. The van der Waals surface area contributed by atoms with Gasteiger partial charge in [0, 0.05) is 55.0 Å². The number of esters is 4. The van der Waals surface area contributed by atoms with Crippen molar-refractivity contribution in [2.45, 2.75) is 52.6 Å². The molecule has 0 saturated heterocycles. The van der Waals surface area contributed by atoms with Gasteiger partial charge in [-0.05, 0) is 30.5 Å². The number of hydrogen-bond donors (Lipinski definition) is 0. The van der Waals surface area contributed by atoms with Crippen molar-refractivity contribution in [3.63, 3.8) is 0 Å². The van der Waals surface area contributed by atoms with E-state index in [2.05, 4.69) is 4.98 Å². The quantitative estimate of drug-likeness (QED) is 0.456. The molecule has 4 rings (SSSR count). The molecule has 4 atom stereocenters. The standard InChI is InChI=1S/C25H29NO8/c1-15(27)32-13-24(3)7-5-8-25(14-33-16(2)28)19-12-31-23(30)18(19)10-20(21(24)25)34-22(29)17-6-4-9-26-11-17/h4,6,9,11,20-21H,5,7-8,10,12-14H2,1-3H3/t20-,21+,24-,25+/m1/s1. The molecule has 0 radical (unpaired) electrons. The topological polar surface area (TPSA) is 118 Å². The zero-order chi connectivity index (χ0) is 24.5. The van der Waals surface area contributed by atoms with Gasteiger partial charge in [0.1, 0.15) is 19.3 Å². The van der Waals surface area contributed by atoms with Crippen LogP contribution in [0.4, 0.5) is 0 Å². The van der Waals surface area contributed by atoms with Crippen LogP contribution < -0.4 is 0 Å². The zero-order valence-corrected chi connectivity index (χ0v) is 19.6. The van der Waals surface area contributed by atoms with E-state index >= 15 is 0 Å². The second-order valence-electron chi connectivity index (χ2n) is 9.62. The number of carbonyl (C=O) groups is 4. The highest BCUT2D eigenvalue weighted by Crippen LogP contribution is 2.61. The van der Waals surface area contributed by atoms with Gasteiger partial charge in [0.05, 0.1) is 12.2 Å². The van der Waals surface area contributed by atoms with Crippen LogP contribution in [0.3, 0.4) is 0 Å². The highest BCUT2D eigenvalue weighted by molar-refractivity contribution is 5.93. The van der Waals surface area contributed by atoms with E-state index < -0.39 is 40.8 Å². The first-order valence-electron chi connectivity index (χ1n) is 11.4. The molecule has 1 saturated carbocycles. The summed E-state index contributed by atoms with van der Waals surface area (Å²) in [4.78, 5) is 53.2. The smallest absolute Gasteiger partial charge is 0.339 e. The summed E-state index contributed by atoms with van der Waals surface area (Å²) in [5.74, 6) is -2.22. The van der Waals surface area contributed by atoms with Crippen LogP contribution in [-0.2, 0) is 33.3 Å². The highest BCUT2D eigenvalue weighted by Gasteiger charge is 2.62. The van der Waals surface area contributed by atoms with Crippen molar-refractivity contribution in [1.82, 2.24) is 4.98 Å². The minimum absolute atomic E-state index is 0.0269. The van der Waals surface area contributed by atoms with Gasteiger partial charge in [0.15, 0.2) is 0 Å². The van der Waals surface area contributed by atoms with Crippen molar-refractivity contribution in [1.29, 1.82) is 0 Å². The lowest BCUT2D eigenvalue weighted by Gasteiger charge is -2.57. The average molecular weight is 472 g/mol. The Hall–Kier alpha value is -3.23. The minimum atomic E-state index is -0.779. The third-order valence-electron chi connectivity index (χ3n) is 7.35.